The summed E-state index contributed by atoms with van der Waals surface area (Å²) in [6, 6.07) is 12.1. The summed E-state index contributed by atoms with van der Waals surface area (Å²) >= 11 is 2.98. The molecule has 2 aromatic heterocycles. The number of thiazole rings is 1. The van der Waals surface area contributed by atoms with Crippen molar-refractivity contribution in [2.45, 2.75) is 12.2 Å². The molecule has 0 fully saturated rings. The lowest BCUT2D eigenvalue weighted by Crippen LogP contribution is -2.15. The summed E-state index contributed by atoms with van der Waals surface area (Å²) < 4.78 is 21.4. The number of thioether (sulfide) groups is 1. The van der Waals surface area contributed by atoms with Gasteiger partial charge in [0.05, 0.1) is 34.0 Å². The van der Waals surface area contributed by atoms with Crippen LogP contribution in [0.5, 0.6) is 5.75 Å². The molecule has 1 amide bonds. The molecule has 0 unspecified atom stereocenters. The zero-order valence-electron chi connectivity index (χ0n) is 16.2. The summed E-state index contributed by atoms with van der Waals surface area (Å²) in [6.07, 6.45) is 0. The number of nitrogens with zero attached hydrogens (tertiary/aromatic N) is 3. The van der Waals surface area contributed by atoms with Crippen molar-refractivity contribution in [3.63, 3.8) is 0 Å². The summed E-state index contributed by atoms with van der Waals surface area (Å²) in [5.41, 5.74) is 3.47. The van der Waals surface area contributed by atoms with Crippen LogP contribution in [0.2, 0.25) is 0 Å². The van der Waals surface area contributed by atoms with E-state index in [-0.39, 0.29) is 17.0 Å². The van der Waals surface area contributed by atoms with E-state index in [1.165, 1.54) is 35.2 Å². The van der Waals surface area contributed by atoms with Gasteiger partial charge in [0.15, 0.2) is 0 Å². The topological polar surface area (TPSA) is 69.0 Å². The monoisotopic (exact) mass is 440 g/mol. The van der Waals surface area contributed by atoms with Gasteiger partial charge in [-0.3, -0.25) is 4.79 Å². The number of carbonyl (C=O) groups excluding carboxylic acids is 1. The molecule has 2 aromatic carbocycles. The van der Waals surface area contributed by atoms with Crippen LogP contribution in [0.1, 0.15) is 22.1 Å². The average Bonchev–Trinajstić information content (AvgIpc) is 3.24. The van der Waals surface area contributed by atoms with E-state index in [0.29, 0.717) is 16.7 Å². The normalized spacial score (nSPS) is 16.2. The fourth-order valence-corrected chi connectivity index (χ4v) is 5.67. The van der Waals surface area contributed by atoms with Crippen molar-refractivity contribution in [2.75, 3.05) is 18.2 Å². The lowest BCUT2D eigenvalue weighted by molar-refractivity contribution is -0.113. The minimum Gasteiger partial charge on any atom is -0.497 e. The van der Waals surface area contributed by atoms with Gasteiger partial charge >= 0.3 is 0 Å². The Labute approximate surface area is 180 Å². The van der Waals surface area contributed by atoms with Crippen molar-refractivity contribution in [3.05, 3.63) is 65.1 Å². The number of nitrogens with one attached hydrogen (secondary N) is 1. The molecule has 6 nitrogen and oxygen atoms in total. The summed E-state index contributed by atoms with van der Waals surface area (Å²) in [5, 5.41) is 8.22. The van der Waals surface area contributed by atoms with E-state index in [1.54, 1.807) is 23.9 Å². The number of fused-ring (bicyclic) bond motifs is 2. The molecule has 0 bridgehead atoms. The van der Waals surface area contributed by atoms with Gasteiger partial charge in [0.2, 0.25) is 11.0 Å². The Morgan fingerprint density at radius 2 is 2.03 bits per heavy atom. The highest BCUT2D eigenvalue weighted by Gasteiger charge is 2.31. The predicted octanol–water partition coefficient (Wildman–Crippen LogP) is 4.71. The fourth-order valence-electron chi connectivity index (χ4n) is 3.53. The van der Waals surface area contributed by atoms with Crippen LogP contribution in [0.3, 0.4) is 0 Å². The van der Waals surface area contributed by atoms with E-state index >= 15 is 0 Å². The zero-order valence-corrected chi connectivity index (χ0v) is 17.8. The minimum atomic E-state index is -0.288. The number of methoxy groups -OCH3 is 1. The van der Waals surface area contributed by atoms with Crippen molar-refractivity contribution in [2.24, 2.45) is 0 Å². The molecule has 1 aliphatic heterocycles. The number of benzene rings is 2. The number of aryl methyl sites for hydroxylation is 1. The van der Waals surface area contributed by atoms with Gasteiger partial charge in [0, 0.05) is 5.56 Å². The lowest BCUT2D eigenvalue weighted by Gasteiger charge is -2.15. The third kappa shape index (κ3) is 3.23. The van der Waals surface area contributed by atoms with Crippen molar-refractivity contribution in [1.82, 2.24) is 14.8 Å². The first-order chi connectivity index (χ1) is 14.5. The Bertz CT molecular complexity index is 1270. The number of rotatable bonds is 3. The van der Waals surface area contributed by atoms with E-state index in [2.05, 4.69) is 5.32 Å². The molecule has 5 rings (SSSR count). The number of carbonyl (C=O) groups is 1. The molecule has 152 valence electrons. The van der Waals surface area contributed by atoms with Crippen LogP contribution in [-0.4, -0.2) is 33.5 Å². The van der Waals surface area contributed by atoms with Gasteiger partial charge in [0.1, 0.15) is 17.4 Å². The van der Waals surface area contributed by atoms with Crippen molar-refractivity contribution in [3.8, 4) is 10.9 Å². The number of hydrogen-bond acceptors (Lipinski definition) is 6. The first-order valence-corrected chi connectivity index (χ1v) is 11.1. The maximum absolute atomic E-state index is 13.4. The number of hydrogen-bond donors (Lipinski definition) is 1. The van der Waals surface area contributed by atoms with Crippen molar-refractivity contribution < 1.29 is 13.9 Å². The van der Waals surface area contributed by atoms with Crippen LogP contribution in [0.25, 0.3) is 15.3 Å². The second-order valence-corrected chi connectivity index (χ2v) is 8.98. The van der Waals surface area contributed by atoms with Gasteiger partial charge in [-0.25, -0.2) is 9.37 Å². The summed E-state index contributed by atoms with van der Waals surface area (Å²) in [6.45, 7) is 1.92. The lowest BCUT2D eigenvalue weighted by atomic mass is 10.0. The highest BCUT2D eigenvalue weighted by atomic mass is 32.2. The van der Waals surface area contributed by atoms with Crippen LogP contribution >= 0.6 is 23.1 Å². The molecular formula is C21H17FN4O2S2. The van der Waals surface area contributed by atoms with Crippen LogP contribution in [0, 0.1) is 12.7 Å². The van der Waals surface area contributed by atoms with Gasteiger partial charge in [0.25, 0.3) is 0 Å². The Kier molecular flexibility index (Phi) is 4.71. The van der Waals surface area contributed by atoms with E-state index in [4.69, 9.17) is 14.8 Å². The number of amides is 1. The Balaban J connectivity index is 1.66. The van der Waals surface area contributed by atoms with E-state index in [9.17, 15) is 9.18 Å². The quantitative estimate of drug-likeness (QED) is 0.500. The number of ether oxygens (including phenoxy) is 1. The van der Waals surface area contributed by atoms with Crippen LogP contribution in [0.4, 0.5) is 10.2 Å². The molecule has 1 atom stereocenters. The first-order valence-electron chi connectivity index (χ1n) is 9.25. The molecule has 1 aliphatic rings. The van der Waals surface area contributed by atoms with E-state index < -0.39 is 0 Å². The van der Waals surface area contributed by atoms with Crippen LogP contribution in [0.15, 0.2) is 42.5 Å². The molecule has 0 spiro atoms. The van der Waals surface area contributed by atoms with Crippen LogP contribution < -0.4 is 10.1 Å². The molecule has 9 heteroatoms. The SMILES string of the molecule is COc1ccc2nc(-n3nc(C)c4c3NC(=O)CS[C@@H]4c3ccc(F)cc3)sc2c1. The first kappa shape index (κ1) is 19.1. The maximum Gasteiger partial charge on any atom is 0.235 e. The highest BCUT2D eigenvalue weighted by molar-refractivity contribution is 8.00. The van der Waals surface area contributed by atoms with Crippen molar-refractivity contribution in [1.29, 1.82) is 0 Å². The molecule has 3 heterocycles. The predicted molar refractivity (Wildman–Crippen MR) is 117 cm³/mol. The smallest absolute Gasteiger partial charge is 0.235 e. The third-order valence-corrected chi connectivity index (χ3v) is 7.21. The summed E-state index contributed by atoms with van der Waals surface area (Å²) in [5.74, 6) is 1.28. The van der Waals surface area contributed by atoms with Gasteiger partial charge in [-0.1, -0.05) is 23.5 Å². The highest BCUT2D eigenvalue weighted by Crippen LogP contribution is 2.44. The van der Waals surface area contributed by atoms with E-state index in [1.807, 2.05) is 25.1 Å². The standard InChI is InChI=1S/C21H17FN4O2S2/c1-11-18-19(12-3-5-13(22)6-4-12)29-10-17(27)24-20(18)26(25-11)21-23-15-8-7-14(28-2)9-16(15)30-21/h3-9,19H,10H2,1-2H3,(H,24,27)/t19-/m1/s1. The van der Waals surface area contributed by atoms with Gasteiger partial charge in [-0.2, -0.15) is 9.78 Å². The molecule has 0 saturated carbocycles. The number of aromatic nitrogens is 3. The van der Waals surface area contributed by atoms with Crippen LogP contribution in [-0.2, 0) is 4.79 Å². The Morgan fingerprint density at radius 3 is 2.80 bits per heavy atom. The van der Waals surface area contributed by atoms with Gasteiger partial charge in [-0.15, -0.1) is 11.8 Å². The number of anilines is 1. The van der Waals surface area contributed by atoms with Gasteiger partial charge in [-0.05, 0) is 42.8 Å². The van der Waals surface area contributed by atoms with E-state index in [0.717, 1.165) is 32.8 Å². The maximum atomic E-state index is 13.4. The Morgan fingerprint density at radius 1 is 1.23 bits per heavy atom. The molecule has 1 N–H and O–H groups in total. The fraction of sp³-hybridized carbons (Fsp3) is 0.190. The second-order valence-electron chi connectivity index (χ2n) is 6.88. The molecule has 30 heavy (non-hydrogen) atoms. The zero-order chi connectivity index (χ0) is 20.8. The minimum absolute atomic E-state index is 0.102. The molecular weight excluding hydrogens is 423 g/mol. The summed E-state index contributed by atoms with van der Waals surface area (Å²) in [4.78, 5) is 17.2. The van der Waals surface area contributed by atoms with Crippen molar-refractivity contribution >= 4 is 45.0 Å². The average molecular weight is 441 g/mol. The van der Waals surface area contributed by atoms with Gasteiger partial charge < -0.3 is 10.1 Å². The molecule has 0 radical (unpaired) electrons. The number of halogens is 1. The third-order valence-electron chi connectivity index (χ3n) is 4.95. The molecule has 0 saturated heterocycles. The molecule has 0 aliphatic carbocycles. The summed E-state index contributed by atoms with van der Waals surface area (Å²) in [7, 11) is 1.63. The second kappa shape index (κ2) is 7.41. The Hall–Kier alpha value is -2.91. The largest absolute Gasteiger partial charge is 0.497 e. The molecule has 4 aromatic rings.